The molecule has 142 valence electrons. The third-order valence-electron chi connectivity index (χ3n) is 4.12. The Kier molecular flexibility index (Phi) is 6.50. The van der Waals surface area contributed by atoms with E-state index in [1.807, 2.05) is 0 Å². The molecule has 0 aliphatic carbocycles. The van der Waals surface area contributed by atoms with E-state index in [4.69, 9.17) is 5.73 Å². The van der Waals surface area contributed by atoms with Crippen molar-refractivity contribution in [3.63, 3.8) is 0 Å². The highest BCUT2D eigenvalue weighted by Crippen LogP contribution is 2.39. The molecule has 3 atom stereocenters. The van der Waals surface area contributed by atoms with E-state index in [1.165, 1.54) is 6.92 Å². The summed E-state index contributed by atoms with van der Waals surface area (Å²) in [5.41, 5.74) is 2.76. The second-order valence-electron chi connectivity index (χ2n) is 5.97. The number of methoxy groups -OCH3 is 1. The second kappa shape index (κ2) is 7.63. The van der Waals surface area contributed by atoms with Gasteiger partial charge in [-0.15, -0.1) is 0 Å². The summed E-state index contributed by atoms with van der Waals surface area (Å²) in [5.74, 6) is -1.82. The van der Waals surface area contributed by atoms with Gasteiger partial charge in [-0.3, -0.25) is 4.79 Å². The number of rotatable bonds is 5. The number of esters is 1. The van der Waals surface area contributed by atoms with Crippen LogP contribution in [0.3, 0.4) is 0 Å². The lowest BCUT2D eigenvalue weighted by Gasteiger charge is -2.24. The molecule has 1 aromatic carbocycles. The first-order valence-electron chi connectivity index (χ1n) is 7.40. The number of ether oxygens (including phenoxy) is 1. The van der Waals surface area contributed by atoms with Crippen molar-refractivity contribution in [2.45, 2.75) is 44.6 Å². The van der Waals surface area contributed by atoms with Crippen molar-refractivity contribution in [2.75, 3.05) is 7.11 Å². The van der Waals surface area contributed by atoms with Gasteiger partial charge in [-0.05, 0) is 42.0 Å². The number of benzene rings is 1. The van der Waals surface area contributed by atoms with Crippen molar-refractivity contribution in [3.8, 4) is 0 Å². The molecular formula is C16H19F6NO2. The van der Waals surface area contributed by atoms with Crippen molar-refractivity contribution in [3.05, 3.63) is 34.9 Å². The van der Waals surface area contributed by atoms with Crippen molar-refractivity contribution < 1.29 is 35.9 Å². The van der Waals surface area contributed by atoms with E-state index in [2.05, 4.69) is 4.74 Å². The van der Waals surface area contributed by atoms with Gasteiger partial charge in [-0.1, -0.05) is 13.8 Å². The molecule has 3 nitrogen and oxygen atoms in total. The maximum absolute atomic E-state index is 12.9. The average Bonchev–Trinajstić information content (AvgIpc) is 2.50. The van der Waals surface area contributed by atoms with Crippen LogP contribution in [-0.2, 0) is 21.9 Å². The molecule has 0 radical (unpaired) electrons. The molecule has 0 aliphatic rings. The lowest BCUT2D eigenvalue weighted by molar-refractivity contribution is -0.143. The number of carbonyl (C=O) groups is 1. The fourth-order valence-corrected chi connectivity index (χ4v) is 2.42. The molecule has 0 saturated carbocycles. The van der Waals surface area contributed by atoms with Gasteiger partial charge in [0, 0.05) is 0 Å². The van der Waals surface area contributed by atoms with Crippen LogP contribution in [0.4, 0.5) is 26.3 Å². The summed E-state index contributed by atoms with van der Waals surface area (Å²) in [6, 6.07) is 0.469. The van der Waals surface area contributed by atoms with E-state index in [9.17, 15) is 31.1 Å². The van der Waals surface area contributed by atoms with Gasteiger partial charge in [0.1, 0.15) is 6.04 Å². The third-order valence-corrected chi connectivity index (χ3v) is 4.12. The van der Waals surface area contributed by atoms with Crippen molar-refractivity contribution in [1.29, 1.82) is 0 Å². The van der Waals surface area contributed by atoms with Crippen LogP contribution in [0.5, 0.6) is 0 Å². The number of hydrogen-bond donors (Lipinski definition) is 1. The number of hydrogen-bond acceptors (Lipinski definition) is 3. The highest BCUT2D eigenvalue weighted by atomic mass is 19.4. The molecule has 0 aromatic heterocycles. The summed E-state index contributed by atoms with van der Waals surface area (Å²) in [5, 5.41) is 0. The largest absolute Gasteiger partial charge is 0.468 e. The summed E-state index contributed by atoms with van der Waals surface area (Å²) in [6.45, 7) is 3.09. The van der Waals surface area contributed by atoms with Gasteiger partial charge in [0.25, 0.3) is 0 Å². The topological polar surface area (TPSA) is 52.3 Å². The molecule has 9 heteroatoms. The molecule has 0 fully saturated rings. The van der Waals surface area contributed by atoms with Gasteiger partial charge in [-0.25, -0.2) is 0 Å². The average molecular weight is 371 g/mol. The molecule has 0 spiro atoms. The molecule has 0 amide bonds. The lowest BCUT2D eigenvalue weighted by atomic mass is 9.83. The molecule has 0 aliphatic heterocycles. The van der Waals surface area contributed by atoms with Gasteiger partial charge >= 0.3 is 18.3 Å². The summed E-state index contributed by atoms with van der Waals surface area (Å²) in [6.07, 6.45) is -9.74. The molecule has 2 N–H and O–H groups in total. The first kappa shape index (κ1) is 21.3. The maximum atomic E-state index is 12.9. The predicted molar refractivity (Wildman–Crippen MR) is 78.6 cm³/mol. The number of halogens is 6. The zero-order valence-corrected chi connectivity index (χ0v) is 13.8. The molecule has 0 heterocycles. The van der Waals surface area contributed by atoms with Crippen LogP contribution >= 0.6 is 0 Å². The number of nitrogens with two attached hydrogens (primary N) is 1. The normalized spacial score (nSPS) is 16.2. The SMILES string of the molecule is COC(=O)C(N)CC(C)C(C)c1cc(C(F)(F)F)cc(C(F)(F)F)c1. The van der Waals surface area contributed by atoms with Crippen LogP contribution in [-0.4, -0.2) is 19.1 Å². The second-order valence-corrected chi connectivity index (χ2v) is 5.97. The van der Waals surface area contributed by atoms with Gasteiger partial charge in [0.2, 0.25) is 0 Å². The van der Waals surface area contributed by atoms with E-state index >= 15 is 0 Å². The first-order valence-corrected chi connectivity index (χ1v) is 7.40. The monoisotopic (exact) mass is 371 g/mol. The first-order chi connectivity index (χ1) is 11.3. The minimum Gasteiger partial charge on any atom is -0.468 e. The van der Waals surface area contributed by atoms with Gasteiger partial charge in [0.15, 0.2) is 0 Å². The summed E-state index contributed by atoms with van der Waals surface area (Å²) < 4.78 is 81.9. The third kappa shape index (κ3) is 5.62. The fourth-order valence-electron chi connectivity index (χ4n) is 2.42. The van der Waals surface area contributed by atoms with Crippen molar-refractivity contribution >= 4 is 5.97 Å². The minimum absolute atomic E-state index is 0.0609. The maximum Gasteiger partial charge on any atom is 0.416 e. The Hall–Kier alpha value is -1.77. The molecule has 3 unspecified atom stereocenters. The summed E-state index contributed by atoms with van der Waals surface area (Å²) in [4.78, 5) is 11.3. The van der Waals surface area contributed by atoms with Crippen molar-refractivity contribution in [1.82, 2.24) is 0 Å². The van der Waals surface area contributed by atoms with Gasteiger partial charge in [0.05, 0.1) is 18.2 Å². The van der Waals surface area contributed by atoms with E-state index in [0.29, 0.717) is 12.1 Å². The van der Waals surface area contributed by atoms with Crippen LogP contribution in [0.2, 0.25) is 0 Å². The van der Waals surface area contributed by atoms with E-state index in [0.717, 1.165) is 7.11 Å². The van der Waals surface area contributed by atoms with Gasteiger partial charge in [-0.2, -0.15) is 26.3 Å². The standard InChI is InChI=1S/C16H19F6NO2/c1-8(4-13(23)14(24)25-3)9(2)10-5-11(15(17,18)19)7-12(6-10)16(20,21)22/h5-9,13H,4,23H2,1-3H3. The van der Waals surface area contributed by atoms with Crippen LogP contribution in [0, 0.1) is 5.92 Å². The molecular weight excluding hydrogens is 352 g/mol. The Labute approximate surface area is 141 Å². The summed E-state index contributed by atoms with van der Waals surface area (Å²) >= 11 is 0. The summed E-state index contributed by atoms with van der Waals surface area (Å²) in [7, 11) is 1.14. The highest BCUT2D eigenvalue weighted by Gasteiger charge is 2.37. The van der Waals surface area contributed by atoms with Crippen LogP contribution < -0.4 is 5.73 Å². The van der Waals surface area contributed by atoms with Crippen LogP contribution in [0.25, 0.3) is 0 Å². The molecule has 25 heavy (non-hydrogen) atoms. The Morgan fingerprint density at radius 2 is 1.48 bits per heavy atom. The zero-order valence-electron chi connectivity index (χ0n) is 13.8. The molecule has 1 aromatic rings. The quantitative estimate of drug-likeness (QED) is 0.618. The van der Waals surface area contributed by atoms with E-state index in [1.54, 1.807) is 6.92 Å². The Morgan fingerprint density at radius 1 is 1.04 bits per heavy atom. The highest BCUT2D eigenvalue weighted by molar-refractivity contribution is 5.75. The number of carbonyl (C=O) groups excluding carboxylic acids is 1. The molecule has 0 saturated heterocycles. The van der Waals surface area contributed by atoms with Crippen LogP contribution in [0.15, 0.2) is 18.2 Å². The smallest absolute Gasteiger partial charge is 0.416 e. The Balaban J connectivity index is 3.19. The number of alkyl halides is 6. The van der Waals surface area contributed by atoms with Crippen molar-refractivity contribution in [2.24, 2.45) is 11.7 Å². The van der Waals surface area contributed by atoms with Crippen LogP contribution in [0.1, 0.15) is 42.9 Å². The van der Waals surface area contributed by atoms with E-state index < -0.39 is 47.3 Å². The molecule has 0 bridgehead atoms. The Bertz CT molecular complexity index is 579. The van der Waals surface area contributed by atoms with Gasteiger partial charge < -0.3 is 10.5 Å². The fraction of sp³-hybridized carbons (Fsp3) is 0.562. The Morgan fingerprint density at radius 3 is 1.84 bits per heavy atom. The predicted octanol–water partition coefficient (Wildman–Crippen LogP) is 4.35. The molecule has 1 rings (SSSR count). The minimum atomic E-state index is -4.90. The lowest BCUT2D eigenvalue weighted by Crippen LogP contribution is -2.34. The zero-order chi connectivity index (χ0) is 19.6. The van der Waals surface area contributed by atoms with E-state index in [-0.39, 0.29) is 18.1 Å².